The molecule has 0 saturated carbocycles. The van der Waals surface area contributed by atoms with Crippen LogP contribution in [-0.2, 0) is 42.7 Å². The van der Waals surface area contributed by atoms with E-state index in [1.165, 1.54) is 75.6 Å². The average molecular weight is 968 g/mol. The summed E-state index contributed by atoms with van der Waals surface area (Å²) >= 11 is 0. The Balaban J connectivity index is 1.70. The highest BCUT2D eigenvalue weighted by atomic mass is 16.7. The largest absolute Gasteiger partial charge is 0.462 e. The van der Waals surface area contributed by atoms with Gasteiger partial charge in [-0.15, -0.1) is 0 Å². The van der Waals surface area contributed by atoms with Crippen LogP contribution >= 0.6 is 0 Å². The zero-order valence-corrected chi connectivity index (χ0v) is 42.0. The molecule has 0 aromatic heterocycles. The molecule has 3 aromatic carbocycles. The fraction of sp³-hybridized carbons (Fsp3) is 0.545. The molecule has 1 aliphatic heterocycles. The molecule has 15 heteroatoms. The Bertz CT molecular complexity index is 2150. The summed E-state index contributed by atoms with van der Waals surface area (Å²) in [5, 5.41) is 4.00. The summed E-state index contributed by atoms with van der Waals surface area (Å²) < 4.78 is 43.0. The van der Waals surface area contributed by atoms with Crippen LogP contribution in [0.3, 0.4) is 0 Å². The fourth-order valence-corrected chi connectivity index (χ4v) is 7.38. The van der Waals surface area contributed by atoms with Gasteiger partial charge in [-0.25, -0.2) is 14.4 Å². The predicted octanol–water partition coefficient (Wildman–Crippen LogP) is 11.9. The number of azide groups is 1. The zero-order chi connectivity index (χ0) is 50.9. The minimum absolute atomic E-state index is 0.127. The molecule has 0 spiro atoms. The third-order valence-corrected chi connectivity index (χ3v) is 11.5. The number of benzene rings is 3. The number of esters is 5. The number of allylic oxidation sites excluding steroid dienone is 1. The van der Waals surface area contributed by atoms with Crippen molar-refractivity contribution in [3.63, 3.8) is 0 Å². The van der Waals surface area contributed by atoms with E-state index >= 15 is 0 Å². The Morgan fingerprint density at radius 2 is 1.10 bits per heavy atom. The standard InChI is InChI=1S/C55H73N3O12/c1-8-9-10-11-12-13-14-15-16-17-18-19-29-36-43(66-48(59)39-30-23-20-24-31-39)42(57-58-56)37-64-51-47(69-50(61)41-34-27-22-28-35-41)46(68-49(60)40-32-25-21-26-33-40)45(70-53(63)55(5,6)7)44(67-51)38-65-52(62)54(2,3)4/h20-36,42-47,51H,8-19,37-38H2,1-7H3/b36-29+/t42-,43+,44+,45-,46-,47+,51+/m0/s1. The van der Waals surface area contributed by atoms with Crippen LogP contribution in [0.1, 0.15) is 157 Å². The SMILES string of the molecule is CCCCCCCCCCCCC/C=C/[C@@H](OC(=O)c1ccccc1)[C@H](CO[C@@H]1O[C@H](COC(=O)C(C)(C)C)[C@H](OC(=O)C(C)(C)C)[C@H](OC(=O)c2ccccc2)[C@H]1OC(=O)c1ccccc1)N=[N+]=[N-]. The van der Waals surface area contributed by atoms with Crippen molar-refractivity contribution in [2.45, 2.75) is 168 Å². The minimum Gasteiger partial charge on any atom is -0.462 e. The highest BCUT2D eigenvalue weighted by Gasteiger charge is 2.54. The topological polar surface area (TPSA) is 199 Å². The van der Waals surface area contributed by atoms with Crippen LogP contribution in [0.4, 0.5) is 0 Å². The lowest BCUT2D eigenvalue weighted by atomic mass is 9.94. The van der Waals surface area contributed by atoms with Gasteiger partial charge >= 0.3 is 29.8 Å². The third-order valence-electron chi connectivity index (χ3n) is 11.5. The van der Waals surface area contributed by atoms with Gasteiger partial charge in [-0.2, -0.15) is 0 Å². The quantitative estimate of drug-likeness (QED) is 0.0133. The molecule has 0 radical (unpaired) electrons. The average Bonchev–Trinajstić information content (AvgIpc) is 3.34. The number of hydrogen-bond donors (Lipinski definition) is 0. The van der Waals surface area contributed by atoms with Crippen LogP contribution in [0.2, 0.25) is 0 Å². The number of carbonyl (C=O) groups excluding carboxylic acids is 5. The maximum Gasteiger partial charge on any atom is 0.338 e. The summed E-state index contributed by atoms with van der Waals surface area (Å²) in [6.45, 7) is 11.1. The predicted molar refractivity (Wildman–Crippen MR) is 264 cm³/mol. The summed E-state index contributed by atoms with van der Waals surface area (Å²) in [5.74, 6) is -3.75. The highest BCUT2D eigenvalue weighted by Crippen LogP contribution is 2.33. The van der Waals surface area contributed by atoms with Crippen molar-refractivity contribution in [1.82, 2.24) is 0 Å². The minimum atomic E-state index is -1.67. The first-order chi connectivity index (χ1) is 33.5. The van der Waals surface area contributed by atoms with E-state index in [4.69, 9.17) is 33.2 Å². The molecule has 1 aliphatic rings. The molecule has 70 heavy (non-hydrogen) atoms. The summed E-state index contributed by atoms with van der Waals surface area (Å²) in [5.41, 5.74) is 8.38. The van der Waals surface area contributed by atoms with Gasteiger partial charge in [-0.1, -0.05) is 137 Å². The molecule has 3 aromatic rings. The second-order valence-corrected chi connectivity index (χ2v) is 19.6. The smallest absolute Gasteiger partial charge is 0.338 e. The molecule has 0 aliphatic carbocycles. The number of nitrogens with zero attached hydrogens (tertiary/aromatic N) is 3. The summed E-state index contributed by atoms with van der Waals surface area (Å²) in [7, 11) is 0. The molecule has 0 N–H and O–H groups in total. The lowest BCUT2D eigenvalue weighted by Gasteiger charge is -2.45. The molecule has 1 saturated heterocycles. The Labute approximate surface area is 413 Å². The molecule has 1 heterocycles. The normalized spacial score (nSPS) is 19.0. The van der Waals surface area contributed by atoms with E-state index in [1.54, 1.807) is 114 Å². The number of unbranched alkanes of at least 4 members (excludes halogenated alkanes) is 11. The molecular formula is C55H73N3O12. The van der Waals surface area contributed by atoms with Gasteiger partial charge in [0, 0.05) is 4.91 Å². The molecular weight excluding hydrogens is 895 g/mol. The van der Waals surface area contributed by atoms with E-state index < -0.39 is 96.7 Å². The number of carbonyl (C=O) groups is 5. The molecule has 1 fully saturated rings. The van der Waals surface area contributed by atoms with Crippen molar-refractivity contribution >= 4 is 29.8 Å². The molecule has 0 amide bonds. The van der Waals surface area contributed by atoms with Gasteiger partial charge in [0.2, 0.25) is 0 Å². The second-order valence-electron chi connectivity index (χ2n) is 19.6. The van der Waals surface area contributed by atoms with Crippen LogP contribution in [0.25, 0.3) is 10.4 Å². The first kappa shape index (κ1) is 56.6. The Kier molecular flexibility index (Phi) is 23.6. The van der Waals surface area contributed by atoms with Crippen molar-refractivity contribution in [2.24, 2.45) is 15.9 Å². The molecule has 15 nitrogen and oxygen atoms in total. The lowest BCUT2D eigenvalue weighted by molar-refractivity contribution is -0.304. The number of hydrogen-bond acceptors (Lipinski definition) is 13. The number of rotatable bonds is 27. The van der Waals surface area contributed by atoms with Crippen molar-refractivity contribution in [1.29, 1.82) is 0 Å². The van der Waals surface area contributed by atoms with Crippen molar-refractivity contribution in [3.8, 4) is 0 Å². The Morgan fingerprint density at radius 1 is 0.629 bits per heavy atom. The summed E-state index contributed by atoms with van der Waals surface area (Å²) in [6, 6.07) is 23.2. The maximum absolute atomic E-state index is 14.0. The van der Waals surface area contributed by atoms with Crippen molar-refractivity contribution in [2.75, 3.05) is 13.2 Å². The van der Waals surface area contributed by atoms with Gasteiger partial charge in [-0.05, 0) is 102 Å². The summed E-state index contributed by atoms with van der Waals surface area (Å²) in [4.78, 5) is 71.6. The van der Waals surface area contributed by atoms with Gasteiger partial charge < -0.3 is 33.2 Å². The van der Waals surface area contributed by atoms with E-state index in [0.29, 0.717) is 6.42 Å². The van der Waals surface area contributed by atoms with E-state index in [1.807, 2.05) is 6.08 Å². The monoisotopic (exact) mass is 968 g/mol. The van der Waals surface area contributed by atoms with E-state index in [-0.39, 0.29) is 16.7 Å². The maximum atomic E-state index is 14.0. The van der Waals surface area contributed by atoms with Crippen LogP contribution in [0.5, 0.6) is 0 Å². The molecule has 380 valence electrons. The Hall–Kier alpha value is -6.02. The first-order valence-corrected chi connectivity index (χ1v) is 24.7. The molecule has 0 bridgehead atoms. The number of ether oxygens (including phenoxy) is 7. The van der Waals surface area contributed by atoms with Crippen molar-refractivity contribution < 1.29 is 57.1 Å². The van der Waals surface area contributed by atoms with Crippen LogP contribution in [-0.4, -0.2) is 85.9 Å². The van der Waals surface area contributed by atoms with Crippen LogP contribution in [0, 0.1) is 10.8 Å². The van der Waals surface area contributed by atoms with Gasteiger partial charge in [0.05, 0.1) is 34.1 Å². The van der Waals surface area contributed by atoms with Gasteiger partial charge in [0.1, 0.15) is 24.9 Å². The van der Waals surface area contributed by atoms with Crippen LogP contribution < -0.4 is 0 Å². The van der Waals surface area contributed by atoms with E-state index in [0.717, 1.165) is 19.3 Å². The Morgan fingerprint density at radius 3 is 1.59 bits per heavy atom. The van der Waals surface area contributed by atoms with Gasteiger partial charge in [-0.3, -0.25) is 9.59 Å². The fourth-order valence-electron chi connectivity index (χ4n) is 7.38. The highest BCUT2D eigenvalue weighted by molar-refractivity contribution is 5.91. The summed E-state index contributed by atoms with van der Waals surface area (Å²) in [6.07, 6.45) is 8.24. The molecule has 0 unspecified atom stereocenters. The van der Waals surface area contributed by atoms with Gasteiger partial charge in [0.25, 0.3) is 0 Å². The van der Waals surface area contributed by atoms with Gasteiger partial charge in [0.15, 0.2) is 24.6 Å². The molecule has 7 atom stereocenters. The first-order valence-electron chi connectivity index (χ1n) is 24.7. The second kappa shape index (κ2) is 29.2. The van der Waals surface area contributed by atoms with E-state index in [9.17, 15) is 29.5 Å². The van der Waals surface area contributed by atoms with Crippen LogP contribution in [0.15, 0.2) is 108 Å². The van der Waals surface area contributed by atoms with Crippen molar-refractivity contribution in [3.05, 3.63) is 130 Å². The molecule has 4 rings (SSSR count). The lowest BCUT2D eigenvalue weighted by Crippen LogP contribution is -2.63. The van der Waals surface area contributed by atoms with E-state index in [2.05, 4.69) is 16.9 Å². The zero-order valence-electron chi connectivity index (χ0n) is 42.0. The third kappa shape index (κ3) is 19.1.